The second kappa shape index (κ2) is 9.38. The van der Waals surface area contributed by atoms with Gasteiger partial charge in [0.25, 0.3) is 0 Å². The summed E-state index contributed by atoms with van der Waals surface area (Å²) in [7, 11) is 0. The lowest BCUT2D eigenvalue weighted by Crippen LogP contribution is -2.36. The fourth-order valence-electron chi connectivity index (χ4n) is 4.51. The number of aromatic nitrogens is 3. The molecule has 8 nitrogen and oxygen atoms in total. The van der Waals surface area contributed by atoms with Crippen molar-refractivity contribution in [2.24, 2.45) is 0 Å². The molecule has 3 heterocycles. The maximum atomic E-state index is 12.4. The van der Waals surface area contributed by atoms with E-state index in [1.54, 1.807) is 0 Å². The standard InChI is InChI=1S/C27H28N6O2/c34-27(29-21-5-6-21)17-19-18-33(24-4-2-1-3-23(19)24)26-12-11-25(30-31-26)28-20-7-9-22(10-8-20)32-13-15-35-16-14-32/h1-4,7-12,18,21H,5-6,13-17H2,(H,28,30)(H,29,34). The average Bonchev–Trinajstić information content (AvgIpc) is 3.65. The number of hydrogen-bond acceptors (Lipinski definition) is 6. The molecule has 0 unspecified atom stereocenters. The number of carbonyl (C=O) groups is 1. The van der Waals surface area contributed by atoms with E-state index in [-0.39, 0.29) is 5.91 Å². The largest absolute Gasteiger partial charge is 0.378 e. The molecule has 2 aromatic carbocycles. The van der Waals surface area contributed by atoms with E-state index in [1.165, 1.54) is 5.69 Å². The van der Waals surface area contributed by atoms with E-state index in [2.05, 4.69) is 56.1 Å². The summed E-state index contributed by atoms with van der Waals surface area (Å²) in [5, 5.41) is 16.3. The minimum absolute atomic E-state index is 0.0701. The number of carbonyl (C=O) groups excluding carboxylic acids is 1. The van der Waals surface area contributed by atoms with Crippen LogP contribution in [-0.2, 0) is 16.0 Å². The molecule has 2 aliphatic rings. The van der Waals surface area contributed by atoms with Crippen molar-refractivity contribution in [2.75, 3.05) is 36.5 Å². The third kappa shape index (κ3) is 4.83. The van der Waals surface area contributed by atoms with Gasteiger partial charge in [0, 0.05) is 42.1 Å². The van der Waals surface area contributed by atoms with E-state index in [1.807, 2.05) is 41.1 Å². The molecule has 35 heavy (non-hydrogen) atoms. The number of rotatable bonds is 7. The van der Waals surface area contributed by atoms with Crippen LogP contribution in [0.1, 0.15) is 18.4 Å². The summed E-state index contributed by atoms with van der Waals surface area (Å²) in [5.74, 6) is 1.46. The number of para-hydroxylation sites is 1. The minimum Gasteiger partial charge on any atom is -0.378 e. The molecule has 0 atom stereocenters. The van der Waals surface area contributed by atoms with Crippen LogP contribution in [-0.4, -0.2) is 53.0 Å². The summed E-state index contributed by atoms with van der Waals surface area (Å²) in [6, 6.07) is 20.6. The van der Waals surface area contributed by atoms with Crippen molar-refractivity contribution in [3.8, 4) is 5.82 Å². The van der Waals surface area contributed by atoms with Crippen molar-refractivity contribution in [2.45, 2.75) is 25.3 Å². The van der Waals surface area contributed by atoms with Crippen LogP contribution in [0.5, 0.6) is 0 Å². The number of hydrogen-bond donors (Lipinski definition) is 2. The monoisotopic (exact) mass is 468 g/mol. The highest BCUT2D eigenvalue weighted by Gasteiger charge is 2.24. The first-order chi connectivity index (χ1) is 17.2. The van der Waals surface area contributed by atoms with Gasteiger partial charge in [-0.15, -0.1) is 10.2 Å². The Labute approximate surface area is 203 Å². The molecule has 0 bridgehead atoms. The predicted octanol–water partition coefficient (Wildman–Crippen LogP) is 3.82. The van der Waals surface area contributed by atoms with Crippen LogP contribution in [0, 0.1) is 0 Å². The van der Waals surface area contributed by atoms with E-state index in [9.17, 15) is 4.79 Å². The Balaban J connectivity index is 1.18. The van der Waals surface area contributed by atoms with Crippen LogP contribution in [0.25, 0.3) is 16.7 Å². The summed E-state index contributed by atoms with van der Waals surface area (Å²) in [5.41, 5.74) is 4.15. The molecule has 0 spiro atoms. The van der Waals surface area contributed by atoms with Crippen LogP contribution in [0.2, 0.25) is 0 Å². The van der Waals surface area contributed by atoms with Crippen molar-refractivity contribution in [1.29, 1.82) is 0 Å². The van der Waals surface area contributed by atoms with Crippen LogP contribution < -0.4 is 15.5 Å². The number of morpholine rings is 1. The van der Waals surface area contributed by atoms with E-state index in [0.29, 0.717) is 24.1 Å². The molecule has 1 amide bonds. The number of ether oxygens (including phenoxy) is 1. The fourth-order valence-corrected chi connectivity index (χ4v) is 4.51. The predicted molar refractivity (Wildman–Crippen MR) is 136 cm³/mol. The van der Waals surface area contributed by atoms with E-state index >= 15 is 0 Å². The normalized spacial score (nSPS) is 15.8. The Bertz CT molecular complexity index is 1320. The highest BCUT2D eigenvalue weighted by Crippen LogP contribution is 2.26. The van der Waals surface area contributed by atoms with E-state index in [4.69, 9.17) is 4.74 Å². The minimum atomic E-state index is 0.0701. The summed E-state index contributed by atoms with van der Waals surface area (Å²) < 4.78 is 7.44. The first-order valence-electron chi connectivity index (χ1n) is 12.2. The van der Waals surface area contributed by atoms with E-state index in [0.717, 1.165) is 61.3 Å². The zero-order valence-electron chi connectivity index (χ0n) is 19.5. The Hall–Kier alpha value is -3.91. The molecule has 1 aliphatic heterocycles. The molecular weight excluding hydrogens is 440 g/mol. The van der Waals surface area contributed by atoms with Gasteiger partial charge < -0.3 is 20.3 Å². The Morgan fingerprint density at radius 2 is 1.77 bits per heavy atom. The van der Waals surface area contributed by atoms with Gasteiger partial charge in [-0.1, -0.05) is 18.2 Å². The highest BCUT2D eigenvalue weighted by molar-refractivity contribution is 5.90. The molecule has 2 N–H and O–H groups in total. The Morgan fingerprint density at radius 3 is 2.51 bits per heavy atom. The van der Waals surface area contributed by atoms with Crippen LogP contribution in [0.3, 0.4) is 0 Å². The van der Waals surface area contributed by atoms with Crippen molar-refractivity contribution in [1.82, 2.24) is 20.1 Å². The van der Waals surface area contributed by atoms with E-state index < -0.39 is 0 Å². The number of amides is 1. The molecular formula is C27H28N6O2. The van der Waals surface area contributed by atoms with Gasteiger partial charge in [-0.05, 0) is 60.9 Å². The number of anilines is 3. The Morgan fingerprint density at radius 1 is 0.971 bits per heavy atom. The molecule has 6 rings (SSSR count). The van der Waals surface area contributed by atoms with Gasteiger partial charge >= 0.3 is 0 Å². The molecule has 2 aromatic heterocycles. The van der Waals surface area contributed by atoms with Crippen molar-refractivity contribution in [3.63, 3.8) is 0 Å². The topological polar surface area (TPSA) is 84.3 Å². The second-order valence-corrected chi connectivity index (χ2v) is 9.11. The fraction of sp³-hybridized carbons (Fsp3) is 0.296. The van der Waals surface area contributed by atoms with Crippen LogP contribution in [0.4, 0.5) is 17.2 Å². The van der Waals surface area contributed by atoms with Gasteiger partial charge in [0.05, 0.1) is 25.2 Å². The van der Waals surface area contributed by atoms with Crippen LogP contribution >= 0.6 is 0 Å². The lowest BCUT2D eigenvalue weighted by Gasteiger charge is -2.28. The number of fused-ring (bicyclic) bond motifs is 1. The molecule has 1 saturated carbocycles. The summed E-state index contributed by atoms with van der Waals surface area (Å²) in [4.78, 5) is 14.7. The maximum absolute atomic E-state index is 12.4. The van der Waals surface area contributed by atoms with Crippen molar-refractivity contribution in [3.05, 3.63) is 72.4 Å². The quantitative estimate of drug-likeness (QED) is 0.429. The van der Waals surface area contributed by atoms with Gasteiger partial charge in [-0.2, -0.15) is 0 Å². The van der Waals surface area contributed by atoms with Crippen molar-refractivity contribution >= 4 is 34.0 Å². The molecule has 0 radical (unpaired) electrons. The molecule has 8 heteroatoms. The van der Waals surface area contributed by atoms with Gasteiger partial charge in [-0.3, -0.25) is 9.36 Å². The smallest absolute Gasteiger partial charge is 0.224 e. The maximum Gasteiger partial charge on any atom is 0.224 e. The van der Waals surface area contributed by atoms with Gasteiger partial charge in [0.1, 0.15) is 0 Å². The third-order valence-corrected chi connectivity index (χ3v) is 6.50. The SMILES string of the molecule is O=C(Cc1cn(-c2ccc(Nc3ccc(N4CCOCC4)cc3)nn2)c2ccccc12)NC1CC1. The number of nitrogens with zero attached hydrogens (tertiary/aromatic N) is 4. The number of benzene rings is 2. The molecule has 1 aliphatic carbocycles. The lowest BCUT2D eigenvalue weighted by atomic mass is 10.1. The summed E-state index contributed by atoms with van der Waals surface area (Å²) >= 11 is 0. The first-order valence-corrected chi connectivity index (χ1v) is 12.2. The molecule has 1 saturated heterocycles. The molecule has 4 aromatic rings. The zero-order chi connectivity index (χ0) is 23.6. The Kier molecular flexibility index (Phi) is 5.79. The van der Waals surface area contributed by atoms with Crippen molar-refractivity contribution < 1.29 is 9.53 Å². The average molecular weight is 469 g/mol. The number of nitrogens with one attached hydrogen (secondary N) is 2. The third-order valence-electron chi connectivity index (χ3n) is 6.50. The van der Waals surface area contributed by atoms with Crippen LogP contribution in [0.15, 0.2) is 66.9 Å². The summed E-state index contributed by atoms with van der Waals surface area (Å²) in [6.07, 6.45) is 4.53. The molecule has 2 fully saturated rings. The lowest BCUT2D eigenvalue weighted by molar-refractivity contribution is -0.120. The molecule has 178 valence electrons. The summed E-state index contributed by atoms with van der Waals surface area (Å²) in [6.45, 7) is 3.38. The highest BCUT2D eigenvalue weighted by atomic mass is 16.5. The van der Waals surface area contributed by atoms with Gasteiger partial charge in [0.2, 0.25) is 5.91 Å². The second-order valence-electron chi connectivity index (χ2n) is 9.11. The van der Waals surface area contributed by atoms with Gasteiger partial charge in [-0.25, -0.2) is 0 Å². The zero-order valence-corrected chi connectivity index (χ0v) is 19.5. The van der Waals surface area contributed by atoms with Gasteiger partial charge in [0.15, 0.2) is 11.6 Å². The first kappa shape index (κ1) is 21.6.